The topological polar surface area (TPSA) is 63.3 Å². The van der Waals surface area contributed by atoms with Gasteiger partial charge >= 0.3 is 5.97 Å². The van der Waals surface area contributed by atoms with Crippen LogP contribution in [0, 0.1) is 17.8 Å². The first-order valence-corrected chi connectivity index (χ1v) is 7.27. The van der Waals surface area contributed by atoms with Gasteiger partial charge in [0.2, 0.25) is 5.76 Å². The normalized spacial score (nSPS) is 29.3. The Hall–Kier alpha value is -1.32. The van der Waals surface area contributed by atoms with Gasteiger partial charge in [0.05, 0.1) is 5.69 Å². The number of aromatic nitrogens is 1. The molecule has 0 aromatic carbocycles. The number of fused-ring (bicyclic) bond motifs is 2. The molecule has 104 valence electrons. The molecular weight excluding hydrogens is 242 g/mol. The predicted octanol–water partition coefficient (Wildman–Crippen LogP) is 3.47. The SMILES string of the molecule is CC(C)Cc1nc(C2CC3CCC2C3)oc1C(=O)O. The molecule has 1 aromatic rings. The standard InChI is InChI=1S/C15H21NO3/c1-8(2)5-12-13(15(17)18)19-14(16-12)11-7-9-3-4-10(11)6-9/h8-11H,3-7H2,1-2H3,(H,17,18). The van der Waals surface area contributed by atoms with E-state index in [1.807, 2.05) is 0 Å². The second-order valence-corrected chi connectivity index (χ2v) is 6.51. The van der Waals surface area contributed by atoms with Gasteiger partial charge in [-0.05, 0) is 43.4 Å². The maximum absolute atomic E-state index is 11.3. The quantitative estimate of drug-likeness (QED) is 0.903. The third kappa shape index (κ3) is 2.28. The van der Waals surface area contributed by atoms with Crippen molar-refractivity contribution in [3.63, 3.8) is 0 Å². The summed E-state index contributed by atoms with van der Waals surface area (Å²) in [6, 6.07) is 0. The summed E-state index contributed by atoms with van der Waals surface area (Å²) in [6.07, 6.45) is 5.65. The van der Waals surface area contributed by atoms with Crippen LogP contribution in [0.5, 0.6) is 0 Å². The molecule has 1 heterocycles. The zero-order valence-corrected chi connectivity index (χ0v) is 11.6. The fourth-order valence-electron chi connectivity index (χ4n) is 3.77. The molecule has 1 aromatic heterocycles. The minimum absolute atomic E-state index is 0.0615. The van der Waals surface area contributed by atoms with Crippen LogP contribution in [-0.2, 0) is 6.42 Å². The van der Waals surface area contributed by atoms with Crippen LogP contribution in [0.4, 0.5) is 0 Å². The summed E-state index contributed by atoms with van der Waals surface area (Å²) >= 11 is 0. The lowest BCUT2D eigenvalue weighted by atomic mass is 9.89. The highest BCUT2D eigenvalue weighted by atomic mass is 16.4. The Morgan fingerprint density at radius 3 is 2.74 bits per heavy atom. The van der Waals surface area contributed by atoms with Crippen LogP contribution in [0.1, 0.15) is 67.6 Å². The molecule has 2 aliphatic rings. The number of carbonyl (C=O) groups is 1. The van der Waals surface area contributed by atoms with E-state index in [0.29, 0.717) is 35.8 Å². The fraction of sp³-hybridized carbons (Fsp3) is 0.733. The smallest absolute Gasteiger partial charge is 0.373 e. The summed E-state index contributed by atoms with van der Waals surface area (Å²) in [7, 11) is 0. The first kappa shape index (κ1) is 12.7. The molecule has 1 N–H and O–H groups in total. The van der Waals surface area contributed by atoms with Crippen LogP contribution < -0.4 is 0 Å². The molecule has 4 heteroatoms. The van der Waals surface area contributed by atoms with Gasteiger partial charge in [0.15, 0.2) is 5.89 Å². The third-order valence-corrected chi connectivity index (χ3v) is 4.57. The lowest BCUT2D eigenvalue weighted by Gasteiger charge is -2.17. The summed E-state index contributed by atoms with van der Waals surface area (Å²) < 4.78 is 5.60. The molecule has 3 atom stereocenters. The van der Waals surface area contributed by atoms with Gasteiger partial charge in [-0.2, -0.15) is 0 Å². The molecule has 2 saturated carbocycles. The molecule has 0 aliphatic heterocycles. The summed E-state index contributed by atoms with van der Waals surface area (Å²) in [4.78, 5) is 15.8. The van der Waals surface area contributed by atoms with Gasteiger partial charge in [-0.1, -0.05) is 20.3 Å². The monoisotopic (exact) mass is 263 g/mol. The highest BCUT2D eigenvalue weighted by Gasteiger charge is 2.43. The van der Waals surface area contributed by atoms with Crippen molar-refractivity contribution in [1.29, 1.82) is 0 Å². The van der Waals surface area contributed by atoms with E-state index in [2.05, 4.69) is 18.8 Å². The van der Waals surface area contributed by atoms with Crippen LogP contribution in [0.2, 0.25) is 0 Å². The molecule has 0 radical (unpaired) electrons. The number of hydrogen-bond donors (Lipinski definition) is 1. The molecule has 3 unspecified atom stereocenters. The number of aromatic carboxylic acids is 1. The zero-order valence-electron chi connectivity index (χ0n) is 11.6. The molecule has 3 rings (SSSR count). The van der Waals surface area contributed by atoms with E-state index in [0.717, 1.165) is 12.3 Å². The lowest BCUT2D eigenvalue weighted by molar-refractivity contribution is 0.0657. The van der Waals surface area contributed by atoms with Crippen molar-refractivity contribution in [3.05, 3.63) is 17.3 Å². The number of oxazole rings is 1. The molecule has 19 heavy (non-hydrogen) atoms. The predicted molar refractivity (Wildman–Crippen MR) is 70.2 cm³/mol. The van der Waals surface area contributed by atoms with Crippen LogP contribution >= 0.6 is 0 Å². The van der Waals surface area contributed by atoms with Gasteiger partial charge < -0.3 is 9.52 Å². The van der Waals surface area contributed by atoms with Crippen LogP contribution in [0.25, 0.3) is 0 Å². The first-order chi connectivity index (χ1) is 9.04. The molecule has 4 nitrogen and oxygen atoms in total. The van der Waals surface area contributed by atoms with Gasteiger partial charge in [0.1, 0.15) is 0 Å². The summed E-state index contributed by atoms with van der Waals surface area (Å²) in [5.74, 6) is 1.97. The Balaban J connectivity index is 1.88. The van der Waals surface area contributed by atoms with Crippen molar-refractivity contribution in [2.75, 3.05) is 0 Å². The van der Waals surface area contributed by atoms with Crippen LogP contribution in [0.15, 0.2) is 4.42 Å². The molecule has 2 aliphatic carbocycles. The second kappa shape index (κ2) is 4.66. The fourth-order valence-corrected chi connectivity index (χ4v) is 3.77. The Labute approximate surface area is 113 Å². The summed E-state index contributed by atoms with van der Waals surface area (Å²) in [6.45, 7) is 4.13. The van der Waals surface area contributed by atoms with E-state index < -0.39 is 5.97 Å². The van der Waals surface area contributed by atoms with E-state index in [1.54, 1.807) is 0 Å². The molecule has 2 fully saturated rings. The largest absolute Gasteiger partial charge is 0.475 e. The van der Waals surface area contributed by atoms with E-state index >= 15 is 0 Å². The molecular formula is C15H21NO3. The van der Waals surface area contributed by atoms with Crippen molar-refractivity contribution >= 4 is 5.97 Å². The Morgan fingerprint density at radius 1 is 1.42 bits per heavy atom. The molecule has 0 amide bonds. The van der Waals surface area contributed by atoms with Crippen molar-refractivity contribution < 1.29 is 14.3 Å². The van der Waals surface area contributed by atoms with E-state index in [1.165, 1.54) is 19.3 Å². The highest BCUT2D eigenvalue weighted by Crippen LogP contribution is 2.52. The number of carboxylic acids is 1. The van der Waals surface area contributed by atoms with Gasteiger partial charge in [-0.15, -0.1) is 0 Å². The van der Waals surface area contributed by atoms with Crippen LogP contribution in [-0.4, -0.2) is 16.1 Å². The first-order valence-electron chi connectivity index (χ1n) is 7.27. The Morgan fingerprint density at radius 2 is 2.21 bits per heavy atom. The number of nitrogens with zero attached hydrogens (tertiary/aromatic N) is 1. The lowest BCUT2D eigenvalue weighted by Crippen LogP contribution is -2.09. The Bertz CT molecular complexity index is 492. The molecule has 0 spiro atoms. The molecule has 0 saturated heterocycles. The third-order valence-electron chi connectivity index (χ3n) is 4.57. The highest BCUT2D eigenvalue weighted by molar-refractivity contribution is 5.85. The van der Waals surface area contributed by atoms with Gasteiger partial charge in [-0.25, -0.2) is 9.78 Å². The van der Waals surface area contributed by atoms with Gasteiger partial charge in [0.25, 0.3) is 0 Å². The van der Waals surface area contributed by atoms with Crippen molar-refractivity contribution in [2.45, 2.75) is 51.9 Å². The van der Waals surface area contributed by atoms with E-state index in [4.69, 9.17) is 4.42 Å². The van der Waals surface area contributed by atoms with E-state index in [-0.39, 0.29) is 5.76 Å². The summed E-state index contributed by atoms with van der Waals surface area (Å²) in [5, 5.41) is 9.23. The maximum Gasteiger partial charge on any atom is 0.373 e. The Kier molecular flexibility index (Phi) is 3.11. The second-order valence-electron chi connectivity index (χ2n) is 6.51. The van der Waals surface area contributed by atoms with Crippen molar-refractivity contribution in [1.82, 2.24) is 4.98 Å². The van der Waals surface area contributed by atoms with Gasteiger partial charge in [-0.3, -0.25) is 0 Å². The summed E-state index contributed by atoms with van der Waals surface area (Å²) in [5.41, 5.74) is 0.625. The average molecular weight is 263 g/mol. The number of rotatable bonds is 4. The zero-order chi connectivity index (χ0) is 13.6. The van der Waals surface area contributed by atoms with Crippen molar-refractivity contribution in [2.24, 2.45) is 17.8 Å². The number of hydrogen-bond acceptors (Lipinski definition) is 3. The van der Waals surface area contributed by atoms with Crippen LogP contribution in [0.3, 0.4) is 0 Å². The minimum atomic E-state index is -0.988. The van der Waals surface area contributed by atoms with E-state index in [9.17, 15) is 9.90 Å². The number of carboxylic acid groups (broad SMARTS) is 1. The minimum Gasteiger partial charge on any atom is -0.475 e. The average Bonchev–Trinajstić information content (AvgIpc) is 3.00. The maximum atomic E-state index is 11.3. The van der Waals surface area contributed by atoms with Gasteiger partial charge in [0, 0.05) is 5.92 Å². The van der Waals surface area contributed by atoms with Crippen molar-refractivity contribution in [3.8, 4) is 0 Å². The molecule has 2 bridgehead atoms.